The number of pyridine rings is 1. The number of rotatable bonds is 2. The van der Waals surface area contributed by atoms with Crippen molar-refractivity contribution < 1.29 is 0 Å². The predicted octanol–water partition coefficient (Wildman–Crippen LogP) is 3.11. The molecule has 3 heteroatoms. The maximum atomic E-state index is 5.83. The van der Waals surface area contributed by atoms with Crippen molar-refractivity contribution in [3.63, 3.8) is 0 Å². The SMILES string of the molecule is NCC1CCC(N2CCc3cncc4cccc2c34)CC1. The van der Waals surface area contributed by atoms with E-state index in [2.05, 4.69) is 34.3 Å². The van der Waals surface area contributed by atoms with Gasteiger partial charge in [0.05, 0.1) is 0 Å². The molecule has 1 aromatic carbocycles. The third-order valence-corrected chi connectivity index (χ3v) is 5.36. The molecule has 0 atom stereocenters. The van der Waals surface area contributed by atoms with Crippen LogP contribution in [0.15, 0.2) is 30.6 Å². The first-order valence-corrected chi connectivity index (χ1v) is 8.19. The molecule has 0 saturated heterocycles. The van der Waals surface area contributed by atoms with Crippen LogP contribution in [-0.4, -0.2) is 24.1 Å². The zero-order chi connectivity index (χ0) is 14.2. The number of hydrogen-bond acceptors (Lipinski definition) is 3. The molecule has 0 unspecified atom stereocenters. The van der Waals surface area contributed by atoms with Crippen molar-refractivity contribution >= 4 is 16.5 Å². The lowest BCUT2D eigenvalue weighted by Crippen LogP contribution is -2.41. The van der Waals surface area contributed by atoms with E-state index in [9.17, 15) is 0 Å². The number of anilines is 1. The van der Waals surface area contributed by atoms with E-state index in [1.807, 2.05) is 6.20 Å². The van der Waals surface area contributed by atoms with Crippen molar-refractivity contribution in [3.8, 4) is 0 Å². The lowest BCUT2D eigenvalue weighted by Gasteiger charge is -2.41. The van der Waals surface area contributed by atoms with Crippen LogP contribution in [0.5, 0.6) is 0 Å². The van der Waals surface area contributed by atoms with Gasteiger partial charge in [0.15, 0.2) is 0 Å². The van der Waals surface area contributed by atoms with Crippen LogP contribution in [0.2, 0.25) is 0 Å². The van der Waals surface area contributed by atoms with Gasteiger partial charge in [0, 0.05) is 41.4 Å². The van der Waals surface area contributed by atoms with Gasteiger partial charge in [-0.25, -0.2) is 0 Å². The molecule has 110 valence electrons. The number of hydrogen-bond donors (Lipinski definition) is 1. The van der Waals surface area contributed by atoms with Gasteiger partial charge in [-0.05, 0) is 56.2 Å². The lowest BCUT2D eigenvalue weighted by molar-refractivity contribution is 0.320. The minimum atomic E-state index is 0.694. The van der Waals surface area contributed by atoms with Gasteiger partial charge in [0.1, 0.15) is 0 Å². The Bertz CT molecular complexity index is 639. The average Bonchev–Trinajstić information content (AvgIpc) is 2.56. The Morgan fingerprint density at radius 1 is 1.14 bits per heavy atom. The van der Waals surface area contributed by atoms with E-state index < -0.39 is 0 Å². The molecule has 2 aromatic rings. The average molecular weight is 281 g/mol. The summed E-state index contributed by atoms with van der Waals surface area (Å²) in [6.07, 6.45) is 10.3. The zero-order valence-corrected chi connectivity index (χ0v) is 12.5. The Hall–Kier alpha value is -1.61. The lowest BCUT2D eigenvalue weighted by atomic mass is 9.84. The molecular weight excluding hydrogens is 258 g/mol. The predicted molar refractivity (Wildman–Crippen MR) is 87.6 cm³/mol. The smallest absolute Gasteiger partial charge is 0.0452 e. The molecule has 1 fully saturated rings. The molecule has 0 spiro atoms. The Kier molecular flexibility index (Phi) is 3.30. The second-order valence-corrected chi connectivity index (χ2v) is 6.53. The molecule has 2 N–H and O–H groups in total. The van der Waals surface area contributed by atoms with Crippen LogP contribution in [0, 0.1) is 5.92 Å². The molecule has 1 aromatic heterocycles. The summed E-state index contributed by atoms with van der Waals surface area (Å²) in [6, 6.07) is 7.34. The molecule has 21 heavy (non-hydrogen) atoms. The molecule has 4 rings (SSSR count). The topological polar surface area (TPSA) is 42.1 Å². The standard InChI is InChI=1S/C18H23N3/c19-10-13-4-6-16(7-5-13)21-9-8-15-12-20-11-14-2-1-3-17(21)18(14)15/h1-3,11-13,16H,4-10,19H2. The molecule has 0 radical (unpaired) electrons. The van der Waals surface area contributed by atoms with Crippen LogP contribution in [0.25, 0.3) is 10.8 Å². The van der Waals surface area contributed by atoms with Gasteiger partial charge in [-0.1, -0.05) is 12.1 Å². The van der Waals surface area contributed by atoms with Gasteiger partial charge in [0.2, 0.25) is 0 Å². The largest absolute Gasteiger partial charge is 0.368 e. The second-order valence-electron chi connectivity index (χ2n) is 6.53. The molecule has 1 aliphatic heterocycles. The summed E-state index contributed by atoms with van der Waals surface area (Å²) in [5.41, 5.74) is 8.67. The zero-order valence-electron chi connectivity index (χ0n) is 12.5. The van der Waals surface area contributed by atoms with Crippen LogP contribution in [0.3, 0.4) is 0 Å². The third-order valence-electron chi connectivity index (χ3n) is 5.36. The van der Waals surface area contributed by atoms with Gasteiger partial charge in [0.25, 0.3) is 0 Å². The fraction of sp³-hybridized carbons (Fsp3) is 0.500. The van der Waals surface area contributed by atoms with Crippen molar-refractivity contribution in [2.45, 2.75) is 38.1 Å². The van der Waals surface area contributed by atoms with Crippen molar-refractivity contribution in [3.05, 3.63) is 36.2 Å². The first kappa shape index (κ1) is 13.1. The van der Waals surface area contributed by atoms with Crippen LogP contribution < -0.4 is 10.6 Å². The van der Waals surface area contributed by atoms with Crippen LogP contribution in [-0.2, 0) is 6.42 Å². The van der Waals surface area contributed by atoms with Gasteiger partial charge < -0.3 is 10.6 Å². The van der Waals surface area contributed by atoms with Crippen LogP contribution in [0.4, 0.5) is 5.69 Å². The molecule has 1 saturated carbocycles. The van der Waals surface area contributed by atoms with Gasteiger partial charge in [-0.15, -0.1) is 0 Å². The number of aromatic nitrogens is 1. The normalized spacial score (nSPS) is 25.3. The molecule has 0 bridgehead atoms. The fourth-order valence-corrected chi connectivity index (χ4v) is 4.15. The highest BCUT2D eigenvalue weighted by molar-refractivity contribution is 5.97. The van der Waals surface area contributed by atoms with Gasteiger partial charge in [-0.3, -0.25) is 4.98 Å². The Morgan fingerprint density at radius 2 is 2.00 bits per heavy atom. The number of nitrogens with two attached hydrogens (primary N) is 1. The van der Waals surface area contributed by atoms with E-state index in [1.54, 1.807) is 0 Å². The number of nitrogens with zero attached hydrogens (tertiary/aromatic N) is 2. The molecule has 2 aliphatic rings. The van der Waals surface area contributed by atoms with Crippen molar-refractivity contribution in [1.29, 1.82) is 0 Å². The van der Waals surface area contributed by atoms with Crippen molar-refractivity contribution in [1.82, 2.24) is 4.98 Å². The maximum absolute atomic E-state index is 5.83. The molecule has 0 amide bonds. The molecule has 2 heterocycles. The highest BCUT2D eigenvalue weighted by Crippen LogP contribution is 2.38. The minimum Gasteiger partial charge on any atom is -0.368 e. The highest BCUT2D eigenvalue weighted by Gasteiger charge is 2.28. The minimum absolute atomic E-state index is 0.694. The fourth-order valence-electron chi connectivity index (χ4n) is 4.15. The van der Waals surface area contributed by atoms with E-state index >= 15 is 0 Å². The monoisotopic (exact) mass is 281 g/mol. The summed E-state index contributed by atoms with van der Waals surface area (Å²) < 4.78 is 0. The van der Waals surface area contributed by atoms with Crippen molar-refractivity contribution in [2.75, 3.05) is 18.0 Å². The summed E-state index contributed by atoms with van der Waals surface area (Å²) in [4.78, 5) is 7.04. The summed E-state index contributed by atoms with van der Waals surface area (Å²) >= 11 is 0. The van der Waals surface area contributed by atoms with E-state index in [0.717, 1.165) is 25.4 Å². The maximum Gasteiger partial charge on any atom is 0.0452 e. The van der Waals surface area contributed by atoms with E-state index in [0.29, 0.717) is 6.04 Å². The quantitative estimate of drug-likeness (QED) is 0.919. The highest BCUT2D eigenvalue weighted by atomic mass is 15.2. The van der Waals surface area contributed by atoms with Gasteiger partial charge >= 0.3 is 0 Å². The second kappa shape index (κ2) is 5.30. The summed E-state index contributed by atoms with van der Waals surface area (Å²) in [7, 11) is 0. The Morgan fingerprint density at radius 3 is 2.81 bits per heavy atom. The summed E-state index contributed by atoms with van der Waals surface area (Å²) in [5, 5.41) is 2.71. The molecular formula is C18H23N3. The third kappa shape index (κ3) is 2.20. The Balaban J connectivity index is 1.68. The first-order valence-electron chi connectivity index (χ1n) is 8.19. The Labute approximate surface area is 126 Å². The van der Waals surface area contributed by atoms with E-state index in [4.69, 9.17) is 5.73 Å². The molecule has 1 aliphatic carbocycles. The summed E-state index contributed by atoms with van der Waals surface area (Å²) in [6.45, 7) is 1.99. The summed E-state index contributed by atoms with van der Waals surface area (Å²) in [5.74, 6) is 0.748. The van der Waals surface area contributed by atoms with Crippen LogP contribution >= 0.6 is 0 Å². The first-order chi connectivity index (χ1) is 10.4. The van der Waals surface area contributed by atoms with Crippen molar-refractivity contribution in [2.24, 2.45) is 11.7 Å². The van der Waals surface area contributed by atoms with E-state index in [-0.39, 0.29) is 0 Å². The number of benzene rings is 1. The van der Waals surface area contributed by atoms with Crippen LogP contribution in [0.1, 0.15) is 31.2 Å². The van der Waals surface area contributed by atoms with Gasteiger partial charge in [-0.2, -0.15) is 0 Å². The molecule has 3 nitrogen and oxygen atoms in total. The van der Waals surface area contributed by atoms with E-state index in [1.165, 1.54) is 47.7 Å².